The van der Waals surface area contributed by atoms with Gasteiger partial charge in [0.05, 0.1) is 6.10 Å². The van der Waals surface area contributed by atoms with Crippen LogP contribution in [0.1, 0.15) is 51.7 Å². The maximum Gasteiger partial charge on any atom is 0.0646 e. The highest BCUT2D eigenvalue weighted by Gasteiger charge is 2.26. The van der Waals surface area contributed by atoms with E-state index in [1.54, 1.807) is 0 Å². The fourth-order valence-electron chi connectivity index (χ4n) is 1.77. The SMILES string of the molecule is CC.CC.CC1c2ccccc2CC1O. The number of rotatable bonds is 0. The molecule has 0 bridgehead atoms. The Morgan fingerprint density at radius 3 is 2.13 bits per heavy atom. The summed E-state index contributed by atoms with van der Waals surface area (Å²) in [7, 11) is 0. The molecule has 1 aromatic carbocycles. The number of aliphatic hydroxyl groups excluding tert-OH is 1. The summed E-state index contributed by atoms with van der Waals surface area (Å²) in [6, 6.07) is 8.27. The predicted octanol–water partition coefficient (Wildman–Crippen LogP) is 3.76. The number of benzene rings is 1. The Kier molecular flexibility index (Phi) is 7.06. The van der Waals surface area contributed by atoms with Crippen LogP contribution in [0.3, 0.4) is 0 Å². The average Bonchev–Trinajstić information content (AvgIpc) is 2.61. The van der Waals surface area contributed by atoms with Crippen molar-refractivity contribution < 1.29 is 5.11 Å². The normalized spacial score (nSPS) is 21.7. The minimum atomic E-state index is -0.160. The molecule has 1 aliphatic rings. The van der Waals surface area contributed by atoms with E-state index in [0.717, 1.165) is 6.42 Å². The van der Waals surface area contributed by atoms with Gasteiger partial charge < -0.3 is 5.11 Å². The Labute approximate surface area is 94.2 Å². The molecule has 1 nitrogen and oxygen atoms in total. The van der Waals surface area contributed by atoms with Crippen LogP contribution in [0.2, 0.25) is 0 Å². The van der Waals surface area contributed by atoms with Crippen LogP contribution in [0.4, 0.5) is 0 Å². The van der Waals surface area contributed by atoms with Gasteiger partial charge in [0.15, 0.2) is 0 Å². The van der Waals surface area contributed by atoms with Gasteiger partial charge in [0.2, 0.25) is 0 Å². The lowest BCUT2D eigenvalue weighted by Crippen LogP contribution is -2.09. The third-order valence-corrected chi connectivity index (χ3v) is 2.55. The van der Waals surface area contributed by atoms with E-state index in [4.69, 9.17) is 0 Å². The second-order valence-corrected chi connectivity index (χ2v) is 3.26. The molecule has 0 aromatic heterocycles. The van der Waals surface area contributed by atoms with Crippen LogP contribution in [0.15, 0.2) is 24.3 Å². The summed E-state index contributed by atoms with van der Waals surface area (Å²) in [5, 5.41) is 9.52. The maximum atomic E-state index is 9.52. The van der Waals surface area contributed by atoms with Gasteiger partial charge in [-0.1, -0.05) is 58.9 Å². The first-order valence-corrected chi connectivity index (χ1v) is 6.05. The molecule has 86 valence electrons. The van der Waals surface area contributed by atoms with Crippen LogP contribution in [-0.4, -0.2) is 11.2 Å². The van der Waals surface area contributed by atoms with E-state index in [1.165, 1.54) is 11.1 Å². The summed E-state index contributed by atoms with van der Waals surface area (Å²) < 4.78 is 0. The first kappa shape index (κ1) is 14.2. The van der Waals surface area contributed by atoms with Crippen LogP contribution >= 0.6 is 0 Å². The lowest BCUT2D eigenvalue weighted by Gasteiger charge is -2.07. The fraction of sp³-hybridized carbons (Fsp3) is 0.571. The fourth-order valence-corrected chi connectivity index (χ4v) is 1.77. The molecule has 0 radical (unpaired) electrons. The zero-order chi connectivity index (χ0) is 11.8. The monoisotopic (exact) mass is 208 g/mol. The van der Waals surface area contributed by atoms with Crippen molar-refractivity contribution in [3.8, 4) is 0 Å². The smallest absolute Gasteiger partial charge is 0.0646 e. The quantitative estimate of drug-likeness (QED) is 0.688. The molecular formula is C14H24O. The molecule has 2 rings (SSSR count). The molecule has 0 saturated heterocycles. The third kappa shape index (κ3) is 3.35. The molecule has 0 amide bonds. The minimum Gasteiger partial charge on any atom is -0.392 e. The van der Waals surface area contributed by atoms with Crippen molar-refractivity contribution in [2.75, 3.05) is 0 Å². The van der Waals surface area contributed by atoms with Crippen LogP contribution in [0.5, 0.6) is 0 Å². The molecule has 1 aromatic rings. The number of fused-ring (bicyclic) bond motifs is 1. The summed E-state index contributed by atoms with van der Waals surface area (Å²) in [6.45, 7) is 10.1. The van der Waals surface area contributed by atoms with Gasteiger partial charge in [-0.2, -0.15) is 0 Å². The Morgan fingerprint density at radius 1 is 1.07 bits per heavy atom. The molecular weight excluding hydrogens is 184 g/mol. The van der Waals surface area contributed by atoms with Crippen molar-refractivity contribution in [2.24, 2.45) is 0 Å². The predicted molar refractivity (Wildman–Crippen MR) is 67.3 cm³/mol. The largest absolute Gasteiger partial charge is 0.392 e. The molecule has 0 fully saturated rings. The molecule has 2 unspecified atom stereocenters. The van der Waals surface area contributed by atoms with Crippen molar-refractivity contribution in [3.63, 3.8) is 0 Å². The van der Waals surface area contributed by atoms with E-state index in [1.807, 2.05) is 39.8 Å². The zero-order valence-corrected chi connectivity index (χ0v) is 10.6. The van der Waals surface area contributed by atoms with Crippen LogP contribution in [0, 0.1) is 0 Å². The van der Waals surface area contributed by atoms with Gasteiger partial charge in [0.1, 0.15) is 0 Å². The first-order valence-electron chi connectivity index (χ1n) is 6.05. The van der Waals surface area contributed by atoms with Gasteiger partial charge in [0, 0.05) is 5.92 Å². The van der Waals surface area contributed by atoms with Crippen molar-refractivity contribution >= 4 is 0 Å². The molecule has 0 heterocycles. The lowest BCUT2D eigenvalue weighted by atomic mass is 10.0. The summed E-state index contributed by atoms with van der Waals surface area (Å²) in [5.74, 6) is 0.325. The van der Waals surface area contributed by atoms with E-state index < -0.39 is 0 Å². The van der Waals surface area contributed by atoms with E-state index in [-0.39, 0.29) is 6.10 Å². The van der Waals surface area contributed by atoms with Crippen LogP contribution < -0.4 is 0 Å². The molecule has 15 heavy (non-hydrogen) atoms. The second-order valence-electron chi connectivity index (χ2n) is 3.26. The standard InChI is InChI=1S/C10H12O.2C2H6/c1-7-9-5-3-2-4-8(9)6-10(7)11;2*1-2/h2-5,7,10-11H,6H2,1H3;2*1-2H3. The molecule has 0 saturated carbocycles. The zero-order valence-electron chi connectivity index (χ0n) is 10.6. The maximum absolute atomic E-state index is 9.52. The van der Waals surface area contributed by atoms with Gasteiger partial charge in [-0.05, 0) is 17.5 Å². The van der Waals surface area contributed by atoms with Crippen molar-refractivity contribution in [1.82, 2.24) is 0 Å². The van der Waals surface area contributed by atoms with Gasteiger partial charge in [-0.15, -0.1) is 0 Å². The summed E-state index contributed by atoms with van der Waals surface area (Å²) >= 11 is 0. The molecule has 2 atom stereocenters. The molecule has 0 aliphatic heterocycles. The Balaban J connectivity index is 0.000000442. The number of hydrogen-bond donors (Lipinski definition) is 1. The Hall–Kier alpha value is -0.820. The van der Waals surface area contributed by atoms with Gasteiger partial charge >= 0.3 is 0 Å². The van der Waals surface area contributed by atoms with E-state index in [0.29, 0.717) is 5.92 Å². The minimum absolute atomic E-state index is 0.160. The number of hydrogen-bond acceptors (Lipinski definition) is 1. The topological polar surface area (TPSA) is 20.2 Å². The second kappa shape index (κ2) is 7.47. The first-order chi connectivity index (χ1) is 7.29. The van der Waals surface area contributed by atoms with Gasteiger partial charge in [-0.25, -0.2) is 0 Å². The molecule has 1 heteroatoms. The number of aliphatic hydroxyl groups is 1. The van der Waals surface area contributed by atoms with Crippen molar-refractivity contribution in [1.29, 1.82) is 0 Å². The summed E-state index contributed by atoms with van der Waals surface area (Å²) in [4.78, 5) is 0. The van der Waals surface area contributed by atoms with Crippen LogP contribution in [-0.2, 0) is 6.42 Å². The highest BCUT2D eigenvalue weighted by atomic mass is 16.3. The average molecular weight is 208 g/mol. The van der Waals surface area contributed by atoms with E-state index >= 15 is 0 Å². The third-order valence-electron chi connectivity index (χ3n) is 2.55. The van der Waals surface area contributed by atoms with Gasteiger partial charge in [0.25, 0.3) is 0 Å². The van der Waals surface area contributed by atoms with E-state index in [2.05, 4.69) is 19.1 Å². The summed E-state index contributed by atoms with van der Waals surface area (Å²) in [6.07, 6.45) is 0.671. The van der Waals surface area contributed by atoms with Crippen molar-refractivity contribution in [2.45, 2.75) is 53.1 Å². The van der Waals surface area contributed by atoms with E-state index in [9.17, 15) is 5.11 Å². The Morgan fingerprint density at radius 2 is 1.60 bits per heavy atom. The van der Waals surface area contributed by atoms with Crippen molar-refractivity contribution in [3.05, 3.63) is 35.4 Å². The molecule has 0 spiro atoms. The van der Waals surface area contributed by atoms with Gasteiger partial charge in [-0.3, -0.25) is 0 Å². The summed E-state index contributed by atoms with van der Waals surface area (Å²) in [5.41, 5.74) is 2.63. The molecule has 1 aliphatic carbocycles. The molecule has 1 N–H and O–H groups in total. The highest BCUT2D eigenvalue weighted by Crippen LogP contribution is 2.32. The Bertz CT molecular complexity index is 268. The lowest BCUT2D eigenvalue weighted by molar-refractivity contribution is 0.163. The van der Waals surface area contributed by atoms with Crippen LogP contribution in [0.25, 0.3) is 0 Å². The highest BCUT2D eigenvalue weighted by molar-refractivity contribution is 5.36.